The molecule has 0 saturated heterocycles. The number of hydrogen-bond donors (Lipinski definition) is 0. The van der Waals surface area contributed by atoms with E-state index >= 15 is 0 Å². The van der Waals surface area contributed by atoms with Crippen molar-refractivity contribution in [2.24, 2.45) is 0 Å². The second-order valence-corrected chi connectivity index (χ2v) is 14.9. The number of ketones is 1. The second-order valence-electron chi connectivity index (χ2n) is 9.54. The number of rotatable bonds is 8. The highest BCUT2D eigenvalue weighted by Gasteiger charge is 2.59. The first-order valence-electron chi connectivity index (χ1n) is 11.5. The molecule has 0 amide bonds. The molecule has 1 heterocycles. The van der Waals surface area contributed by atoms with E-state index in [4.69, 9.17) is 18.6 Å². The van der Waals surface area contributed by atoms with E-state index in [-0.39, 0.29) is 5.78 Å². The molecule has 6 nitrogen and oxygen atoms in total. The van der Waals surface area contributed by atoms with E-state index in [1.807, 2.05) is 74.2 Å². The molecule has 0 fully saturated rings. The molecular formula is C28H28BrNO5Si. The summed E-state index contributed by atoms with van der Waals surface area (Å²) in [6.07, 6.45) is -0.950. The Balaban J connectivity index is 2.04. The second kappa shape index (κ2) is 10.1. The van der Waals surface area contributed by atoms with Crippen molar-refractivity contribution in [3.05, 3.63) is 87.9 Å². The highest BCUT2D eigenvalue weighted by atomic mass is 79.9. The third-order valence-electron chi connectivity index (χ3n) is 6.11. The lowest BCUT2D eigenvalue weighted by Crippen LogP contribution is -2.50. The summed E-state index contributed by atoms with van der Waals surface area (Å²) in [6.45, 7) is 6.06. The van der Waals surface area contributed by atoms with Crippen molar-refractivity contribution in [3.8, 4) is 23.3 Å². The summed E-state index contributed by atoms with van der Waals surface area (Å²) in [4.78, 5) is 14.6. The molecule has 1 aliphatic rings. The Morgan fingerprint density at radius 3 is 2.22 bits per heavy atom. The van der Waals surface area contributed by atoms with Crippen LogP contribution in [0.5, 0.6) is 17.2 Å². The fraction of sp³-hybridized carbons (Fsp3) is 0.286. The first-order valence-corrected chi connectivity index (χ1v) is 15.7. The van der Waals surface area contributed by atoms with Crippen molar-refractivity contribution in [1.29, 1.82) is 5.26 Å². The number of methoxy groups -OCH3 is 2. The molecule has 0 N–H and O–H groups in total. The van der Waals surface area contributed by atoms with Gasteiger partial charge in [-0.15, -0.1) is 0 Å². The van der Waals surface area contributed by atoms with Crippen LogP contribution in [0.1, 0.15) is 27.4 Å². The molecule has 0 bridgehead atoms. The fourth-order valence-corrected chi connectivity index (χ4v) is 5.87. The zero-order valence-corrected chi connectivity index (χ0v) is 23.5. The summed E-state index contributed by atoms with van der Waals surface area (Å²) in [6, 6.07) is 22.6. The summed E-state index contributed by atoms with van der Waals surface area (Å²) in [7, 11) is 0.838. The number of carbonyl (C=O) groups is 1. The topological polar surface area (TPSA) is 77.8 Å². The molecule has 4 rings (SSSR count). The monoisotopic (exact) mass is 565 g/mol. The molecule has 8 heteroatoms. The van der Waals surface area contributed by atoms with Gasteiger partial charge in [-0.3, -0.25) is 4.79 Å². The highest BCUT2D eigenvalue weighted by Crippen LogP contribution is 2.54. The minimum Gasteiger partial charge on any atom is -0.496 e. The number of hydrogen-bond acceptors (Lipinski definition) is 6. The lowest BCUT2D eigenvalue weighted by molar-refractivity contribution is 0.0203. The molecule has 186 valence electrons. The molecule has 3 aromatic carbocycles. The van der Waals surface area contributed by atoms with Crippen LogP contribution in [-0.4, -0.2) is 34.4 Å². The maximum Gasteiger partial charge on any atom is 0.219 e. The Morgan fingerprint density at radius 1 is 1.00 bits per heavy atom. The van der Waals surface area contributed by atoms with Crippen LogP contribution < -0.4 is 14.2 Å². The van der Waals surface area contributed by atoms with Crippen LogP contribution in [0.15, 0.2) is 71.2 Å². The molecule has 3 atom stereocenters. The van der Waals surface area contributed by atoms with Gasteiger partial charge in [-0.2, -0.15) is 5.26 Å². The Morgan fingerprint density at radius 2 is 1.67 bits per heavy atom. The van der Waals surface area contributed by atoms with Crippen LogP contribution in [0.25, 0.3) is 0 Å². The summed E-state index contributed by atoms with van der Waals surface area (Å²) >= 11 is 3.49. The van der Waals surface area contributed by atoms with E-state index in [2.05, 4.69) is 22.0 Å². The predicted octanol–water partition coefficient (Wildman–Crippen LogP) is 6.46. The van der Waals surface area contributed by atoms with Gasteiger partial charge in [-0.1, -0.05) is 58.4 Å². The molecular weight excluding hydrogens is 538 g/mol. The van der Waals surface area contributed by atoms with Crippen LogP contribution in [0.3, 0.4) is 0 Å². The summed E-state index contributed by atoms with van der Waals surface area (Å²) in [5, 5.41) is 10.4. The number of benzene rings is 3. The molecule has 3 unspecified atom stereocenters. The third-order valence-corrected chi connectivity index (χ3v) is 7.60. The van der Waals surface area contributed by atoms with Gasteiger partial charge in [0.25, 0.3) is 0 Å². The number of fused-ring (bicyclic) bond motifs is 1. The summed E-state index contributed by atoms with van der Waals surface area (Å²) in [5.41, 5.74) is 0.106. The Bertz CT molecular complexity index is 1300. The normalized spacial score (nSPS) is 18.5. The van der Waals surface area contributed by atoms with Gasteiger partial charge in [0.15, 0.2) is 8.32 Å². The van der Waals surface area contributed by atoms with Gasteiger partial charge < -0.3 is 18.6 Å². The number of Topliss-reactive ketones (excluding diaryl/α,β-unsaturated/α-hetero) is 1. The fourth-order valence-electron chi connectivity index (χ4n) is 4.66. The van der Waals surface area contributed by atoms with Gasteiger partial charge in [0.05, 0.1) is 26.2 Å². The van der Waals surface area contributed by atoms with Crippen molar-refractivity contribution in [2.45, 2.75) is 37.3 Å². The summed E-state index contributed by atoms with van der Waals surface area (Å²) in [5.74, 6) is 0.112. The van der Waals surface area contributed by atoms with Crippen molar-refractivity contribution >= 4 is 30.0 Å². The number of nitriles is 1. The van der Waals surface area contributed by atoms with E-state index in [9.17, 15) is 10.1 Å². The Labute approximate surface area is 221 Å². The molecule has 36 heavy (non-hydrogen) atoms. The lowest BCUT2D eigenvalue weighted by Gasteiger charge is -2.40. The average Bonchev–Trinajstić information content (AvgIpc) is 3.16. The van der Waals surface area contributed by atoms with Crippen LogP contribution >= 0.6 is 15.9 Å². The van der Waals surface area contributed by atoms with Gasteiger partial charge in [-0.25, -0.2) is 0 Å². The van der Waals surface area contributed by atoms with E-state index in [0.717, 1.165) is 10.0 Å². The SMILES string of the molecule is COc1cc(OC)c2c(c1)OC(c1ccc(Br)cc1)(C(c1ccccc1)C(C#N)O[Si](C)(C)C)C2=O. The van der Waals surface area contributed by atoms with Crippen LogP contribution in [0.4, 0.5) is 0 Å². The minimum absolute atomic E-state index is 0.299. The molecule has 1 aliphatic heterocycles. The largest absolute Gasteiger partial charge is 0.496 e. The van der Waals surface area contributed by atoms with Gasteiger partial charge in [-0.05, 0) is 37.3 Å². The van der Waals surface area contributed by atoms with Crippen molar-refractivity contribution < 1.29 is 23.4 Å². The Kier molecular flexibility index (Phi) is 7.28. The van der Waals surface area contributed by atoms with Gasteiger partial charge in [0.2, 0.25) is 11.4 Å². The maximum atomic E-state index is 14.6. The van der Waals surface area contributed by atoms with Crippen molar-refractivity contribution in [2.75, 3.05) is 14.2 Å². The third kappa shape index (κ3) is 4.66. The maximum absolute atomic E-state index is 14.6. The summed E-state index contributed by atoms with van der Waals surface area (Å²) < 4.78 is 25.0. The van der Waals surface area contributed by atoms with Crippen LogP contribution in [-0.2, 0) is 10.0 Å². The number of halogens is 1. The quantitative estimate of drug-likeness (QED) is 0.291. The van der Waals surface area contributed by atoms with E-state index < -0.39 is 25.9 Å². The van der Waals surface area contributed by atoms with E-state index in [0.29, 0.717) is 28.4 Å². The molecule has 0 aromatic heterocycles. The standard InChI is InChI=1S/C28H28BrNO5Si/c1-32-21-15-22(33-2)25-23(16-21)34-28(27(25)31,19-11-13-20(29)14-12-19)26(18-9-7-6-8-10-18)24(17-30)35-36(3,4)5/h6-16,24,26H,1-5H3. The lowest BCUT2D eigenvalue weighted by atomic mass is 9.71. The molecule has 0 spiro atoms. The number of ether oxygens (including phenoxy) is 3. The van der Waals surface area contributed by atoms with Crippen LogP contribution in [0, 0.1) is 11.3 Å². The van der Waals surface area contributed by atoms with Gasteiger partial charge in [0.1, 0.15) is 28.9 Å². The number of nitrogens with zero attached hydrogens (tertiary/aromatic N) is 1. The van der Waals surface area contributed by atoms with Gasteiger partial charge in [0, 0.05) is 22.2 Å². The minimum atomic E-state index is -2.21. The number of carbonyl (C=O) groups excluding carboxylic acids is 1. The average molecular weight is 567 g/mol. The van der Waals surface area contributed by atoms with E-state index in [1.165, 1.54) is 7.11 Å². The molecule has 0 saturated carbocycles. The molecule has 0 aliphatic carbocycles. The predicted molar refractivity (Wildman–Crippen MR) is 143 cm³/mol. The molecule has 3 aromatic rings. The van der Waals surface area contributed by atoms with Crippen molar-refractivity contribution in [1.82, 2.24) is 0 Å². The highest BCUT2D eigenvalue weighted by molar-refractivity contribution is 9.10. The first kappa shape index (κ1) is 26.0. The van der Waals surface area contributed by atoms with Gasteiger partial charge >= 0.3 is 0 Å². The first-order chi connectivity index (χ1) is 17.1. The van der Waals surface area contributed by atoms with Crippen molar-refractivity contribution in [3.63, 3.8) is 0 Å². The van der Waals surface area contributed by atoms with Crippen LogP contribution in [0.2, 0.25) is 19.6 Å². The Hall–Kier alpha value is -3.12. The zero-order valence-electron chi connectivity index (χ0n) is 20.9. The molecule has 0 radical (unpaired) electrons. The smallest absolute Gasteiger partial charge is 0.219 e. The zero-order chi connectivity index (χ0) is 26.1. The van der Waals surface area contributed by atoms with E-state index in [1.54, 1.807) is 19.2 Å².